The van der Waals surface area contributed by atoms with Crippen molar-refractivity contribution in [3.8, 4) is 5.69 Å². The van der Waals surface area contributed by atoms with Crippen LogP contribution in [0.2, 0.25) is 0 Å². The summed E-state index contributed by atoms with van der Waals surface area (Å²) >= 11 is 1.57. The van der Waals surface area contributed by atoms with Gasteiger partial charge in [-0.15, -0.1) is 11.8 Å². The molecule has 0 bridgehead atoms. The van der Waals surface area contributed by atoms with Crippen LogP contribution in [0.5, 0.6) is 0 Å². The quantitative estimate of drug-likeness (QED) is 0.418. The molecule has 1 aliphatic rings. The number of amides is 1. The summed E-state index contributed by atoms with van der Waals surface area (Å²) in [5, 5.41) is 3.10. The van der Waals surface area contributed by atoms with E-state index in [4.69, 9.17) is 4.99 Å². The standard InChI is InChI=1S/C27H23N3OS/c1-32-25-16-8-6-13-21(25)27(31)28-18-22-24-15-9-17-30(24)23-14-7-5-12-20(23)26(29-22)19-10-3-2-4-11-19/h2-17,26H,18H2,1H3,(H,28,31)/t26-/m1/s1. The lowest BCUT2D eigenvalue weighted by atomic mass is 9.97. The predicted molar refractivity (Wildman–Crippen MR) is 131 cm³/mol. The van der Waals surface area contributed by atoms with Gasteiger partial charge in [0.1, 0.15) is 6.04 Å². The molecule has 1 atom stereocenters. The Bertz CT molecular complexity index is 1290. The van der Waals surface area contributed by atoms with Crippen molar-refractivity contribution >= 4 is 23.4 Å². The fourth-order valence-electron chi connectivity index (χ4n) is 4.17. The number of aromatic nitrogens is 1. The van der Waals surface area contributed by atoms with Crippen LogP contribution in [0.15, 0.2) is 107 Å². The maximum absolute atomic E-state index is 13.0. The number of benzene rings is 3. The molecular weight excluding hydrogens is 414 g/mol. The molecule has 158 valence electrons. The average Bonchev–Trinajstić information content (AvgIpc) is 3.29. The number of nitrogens with zero attached hydrogens (tertiary/aromatic N) is 2. The Kier molecular flexibility index (Phi) is 5.65. The lowest BCUT2D eigenvalue weighted by molar-refractivity contribution is 0.0956. The molecule has 0 saturated carbocycles. The first-order valence-corrected chi connectivity index (χ1v) is 11.8. The first kappa shape index (κ1) is 20.3. The van der Waals surface area contributed by atoms with Gasteiger partial charge in [-0.05, 0) is 42.2 Å². The predicted octanol–water partition coefficient (Wildman–Crippen LogP) is 5.52. The molecule has 1 aromatic heterocycles. The third-order valence-electron chi connectivity index (χ3n) is 5.70. The maximum Gasteiger partial charge on any atom is 0.252 e. The molecule has 0 fully saturated rings. The van der Waals surface area contributed by atoms with Crippen LogP contribution >= 0.6 is 11.8 Å². The van der Waals surface area contributed by atoms with E-state index in [1.54, 1.807) is 11.8 Å². The van der Waals surface area contributed by atoms with Crippen molar-refractivity contribution in [3.63, 3.8) is 0 Å². The molecule has 3 aromatic carbocycles. The molecule has 0 unspecified atom stereocenters. The summed E-state index contributed by atoms with van der Waals surface area (Å²) in [5.41, 5.74) is 5.92. The summed E-state index contributed by atoms with van der Waals surface area (Å²) < 4.78 is 2.17. The number of thioether (sulfide) groups is 1. The van der Waals surface area contributed by atoms with Gasteiger partial charge in [0.25, 0.3) is 5.91 Å². The number of carbonyl (C=O) groups is 1. The van der Waals surface area contributed by atoms with Crippen LogP contribution < -0.4 is 5.32 Å². The van der Waals surface area contributed by atoms with Crippen molar-refractivity contribution in [2.75, 3.05) is 12.8 Å². The lowest BCUT2D eigenvalue weighted by Crippen LogP contribution is -2.31. The minimum Gasteiger partial charge on any atom is -0.346 e. The molecule has 0 spiro atoms. The van der Waals surface area contributed by atoms with Gasteiger partial charge in [0, 0.05) is 16.7 Å². The zero-order valence-corrected chi connectivity index (χ0v) is 18.5. The maximum atomic E-state index is 13.0. The summed E-state index contributed by atoms with van der Waals surface area (Å²) in [6.07, 6.45) is 4.04. The second kappa shape index (κ2) is 8.89. The topological polar surface area (TPSA) is 46.4 Å². The minimum absolute atomic E-state index is 0.0891. The van der Waals surface area contributed by atoms with E-state index in [2.05, 4.69) is 58.5 Å². The molecule has 1 N–H and O–H groups in total. The summed E-state index contributed by atoms with van der Waals surface area (Å²) in [5.74, 6) is -0.0891. The highest BCUT2D eigenvalue weighted by molar-refractivity contribution is 7.98. The Morgan fingerprint density at radius 3 is 2.53 bits per heavy atom. The van der Waals surface area contributed by atoms with E-state index in [0.29, 0.717) is 12.1 Å². The molecule has 1 aliphatic heterocycles. The SMILES string of the molecule is CSc1ccccc1C(=O)NCC1=N[C@H](c2ccccc2)c2ccccc2-n2cccc21. The first-order chi connectivity index (χ1) is 15.8. The Labute approximate surface area is 192 Å². The van der Waals surface area contributed by atoms with Crippen LogP contribution in [0.4, 0.5) is 0 Å². The van der Waals surface area contributed by atoms with Crippen molar-refractivity contribution in [2.45, 2.75) is 10.9 Å². The second-order valence-corrected chi connectivity index (χ2v) is 8.44. The largest absolute Gasteiger partial charge is 0.346 e. The van der Waals surface area contributed by atoms with Gasteiger partial charge in [-0.25, -0.2) is 0 Å². The van der Waals surface area contributed by atoms with Gasteiger partial charge < -0.3 is 9.88 Å². The van der Waals surface area contributed by atoms with Gasteiger partial charge in [0.05, 0.1) is 29.2 Å². The monoisotopic (exact) mass is 437 g/mol. The summed E-state index contributed by atoms with van der Waals surface area (Å²) in [6.45, 7) is 0.350. The highest BCUT2D eigenvalue weighted by Crippen LogP contribution is 2.34. The van der Waals surface area contributed by atoms with Crippen LogP contribution in [0.3, 0.4) is 0 Å². The van der Waals surface area contributed by atoms with E-state index in [-0.39, 0.29) is 11.9 Å². The lowest BCUT2D eigenvalue weighted by Gasteiger charge is -2.16. The molecule has 1 amide bonds. The molecule has 0 saturated heterocycles. The van der Waals surface area contributed by atoms with Crippen molar-refractivity contribution in [3.05, 3.63) is 120 Å². The Hall–Kier alpha value is -3.57. The van der Waals surface area contributed by atoms with E-state index >= 15 is 0 Å². The number of para-hydroxylation sites is 1. The van der Waals surface area contributed by atoms with Crippen LogP contribution in [-0.2, 0) is 0 Å². The van der Waals surface area contributed by atoms with E-state index in [1.165, 1.54) is 0 Å². The van der Waals surface area contributed by atoms with Crippen molar-refractivity contribution < 1.29 is 4.79 Å². The van der Waals surface area contributed by atoms with Gasteiger partial charge in [0.2, 0.25) is 0 Å². The van der Waals surface area contributed by atoms with Crippen molar-refractivity contribution in [2.24, 2.45) is 4.99 Å². The number of aliphatic imine (C=N–C) groups is 1. The second-order valence-electron chi connectivity index (χ2n) is 7.59. The highest BCUT2D eigenvalue weighted by atomic mass is 32.2. The number of fused-ring (bicyclic) bond motifs is 3. The molecule has 5 rings (SSSR count). The number of hydrogen-bond donors (Lipinski definition) is 1. The molecule has 0 radical (unpaired) electrons. The molecule has 2 heterocycles. The molecular formula is C27H23N3OS. The van der Waals surface area contributed by atoms with Gasteiger partial charge in [-0.3, -0.25) is 9.79 Å². The van der Waals surface area contributed by atoms with Gasteiger partial charge >= 0.3 is 0 Å². The minimum atomic E-state index is -0.141. The van der Waals surface area contributed by atoms with Crippen molar-refractivity contribution in [1.29, 1.82) is 0 Å². The van der Waals surface area contributed by atoms with Crippen LogP contribution in [0.25, 0.3) is 5.69 Å². The van der Waals surface area contributed by atoms with E-state index in [1.807, 2.05) is 54.8 Å². The zero-order chi connectivity index (χ0) is 21.9. The number of hydrogen-bond acceptors (Lipinski definition) is 3. The average molecular weight is 438 g/mol. The van der Waals surface area contributed by atoms with Crippen LogP contribution in [-0.4, -0.2) is 29.0 Å². The molecule has 5 heteroatoms. The van der Waals surface area contributed by atoms with E-state index in [9.17, 15) is 4.79 Å². The molecule has 4 nitrogen and oxygen atoms in total. The third-order valence-corrected chi connectivity index (χ3v) is 6.50. The Morgan fingerprint density at radius 1 is 0.938 bits per heavy atom. The number of carbonyl (C=O) groups excluding carboxylic acids is 1. The number of nitrogens with one attached hydrogen (secondary N) is 1. The fraction of sp³-hybridized carbons (Fsp3) is 0.111. The van der Waals surface area contributed by atoms with Crippen molar-refractivity contribution in [1.82, 2.24) is 9.88 Å². The van der Waals surface area contributed by atoms with E-state index in [0.717, 1.165) is 33.1 Å². The smallest absolute Gasteiger partial charge is 0.252 e. The summed E-state index contributed by atoms with van der Waals surface area (Å²) in [6, 6.07) is 30.3. The molecule has 4 aromatic rings. The summed E-state index contributed by atoms with van der Waals surface area (Å²) in [7, 11) is 0. The van der Waals surface area contributed by atoms with E-state index < -0.39 is 0 Å². The molecule has 32 heavy (non-hydrogen) atoms. The number of rotatable bonds is 5. The Morgan fingerprint density at radius 2 is 1.69 bits per heavy atom. The summed E-state index contributed by atoms with van der Waals surface area (Å²) in [4.78, 5) is 19.1. The van der Waals surface area contributed by atoms with Gasteiger partial charge in [-0.1, -0.05) is 60.7 Å². The molecule has 0 aliphatic carbocycles. The fourth-order valence-corrected chi connectivity index (χ4v) is 4.77. The highest BCUT2D eigenvalue weighted by Gasteiger charge is 2.25. The normalized spacial score (nSPS) is 14.7. The third kappa shape index (κ3) is 3.76. The zero-order valence-electron chi connectivity index (χ0n) is 17.7. The van der Waals surface area contributed by atoms with Crippen LogP contribution in [0, 0.1) is 0 Å². The Balaban J connectivity index is 1.54. The van der Waals surface area contributed by atoms with Crippen LogP contribution in [0.1, 0.15) is 33.2 Å². The van der Waals surface area contributed by atoms with Gasteiger partial charge in [0.15, 0.2) is 0 Å². The first-order valence-electron chi connectivity index (χ1n) is 10.6. The van der Waals surface area contributed by atoms with Gasteiger partial charge in [-0.2, -0.15) is 0 Å².